The summed E-state index contributed by atoms with van der Waals surface area (Å²) in [6.07, 6.45) is 1.43. The summed E-state index contributed by atoms with van der Waals surface area (Å²) < 4.78 is 6.26. The first-order valence-corrected chi connectivity index (χ1v) is 11.3. The Balaban J connectivity index is 1.57. The van der Waals surface area contributed by atoms with Crippen LogP contribution in [0.3, 0.4) is 0 Å². The Kier molecular flexibility index (Phi) is 8.11. The summed E-state index contributed by atoms with van der Waals surface area (Å²) in [6, 6.07) is 11.3. The van der Waals surface area contributed by atoms with E-state index in [2.05, 4.69) is 26.0 Å². The van der Waals surface area contributed by atoms with E-state index in [0.29, 0.717) is 22.8 Å². The number of methoxy groups -OCH3 is 1. The Labute approximate surface area is 197 Å². The number of nitrogens with zero attached hydrogens (tertiary/aromatic N) is 3. The van der Waals surface area contributed by atoms with Gasteiger partial charge in [-0.15, -0.1) is 10.2 Å². The first-order valence-electron chi connectivity index (χ1n) is 9.50. The molecule has 3 rings (SSSR count). The van der Waals surface area contributed by atoms with Gasteiger partial charge in [-0.25, -0.2) is 5.43 Å². The van der Waals surface area contributed by atoms with E-state index in [4.69, 9.17) is 10.5 Å². The second-order valence-electron chi connectivity index (χ2n) is 6.54. The van der Waals surface area contributed by atoms with Crippen LogP contribution in [0.4, 0.5) is 5.69 Å². The van der Waals surface area contributed by atoms with Gasteiger partial charge in [0.1, 0.15) is 10.8 Å². The normalized spacial score (nSPS) is 10.7. The van der Waals surface area contributed by atoms with Crippen LogP contribution in [0.5, 0.6) is 5.75 Å². The smallest absolute Gasteiger partial charge is 0.329 e. The van der Waals surface area contributed by atoms with Crippen LogP contribution < -0.4 is 21.2 Å². The van der Waals surface area contributed by atoms with E-state index in [1.54, 1.807) is 31.0 Å². The molecule has 0 bridgehead atoms. The number of primary amides is 1. The molecule has 0 atom stereocenters. The SMILES string of the molecule is COc1ccc(/C=N/NC(=O)C(=O)Nc2ccc(C(N)=O)cc2)cc1CSc1nnc(C)s1. The topological polar surface area (TPSA) is 149 Å². The minimum absolute atomic E-state index is 0.290. The van der Waals surface area contributed by atoms with E-state index in [1.165, 1.54) is 41.8 Å². The van der Waals surface area contributed by atoms with Crippen molar-refractivity contribution in [2.75, 3.05) is 12.4 Å². The molecule has 0 aliphatic heterocycles. The number of thioether (sulfide) groups is 1. The van der Waals surface area contributed by atoms with Crippen LogP contribution in [0, 0.1) is 6.92 Å². The molecular formula is C21H20N6O4S2. The van der Waals surface area contributed by atoms with Crippen molar-refractivity contribution in [2.24, 2.45) is 10.8 Å². The number of carbonyl (C=O) groups excluding carboxylic acids is 3. The van der Waals surface area contributed by atoms with Crippen LogP contribution >= 0.6 is 23.1 Å². The molecule has 12 heteroatoms. The summed E-state index contributed by atoms with van der Waals surface area (Å²) >= 11 is 3.06. The first-order chi connectivity index (χ1) is 15.9. The molecule has 2 aromatic carbocycles. The highest BCUT2D eigenvalue weighted by Crippen LogP contribution is 2.30. The van der Waals surface area contributed by atoms with E-state index in [0.717, 1.165) is 14.9 Å². The van der Waals surface area contributed by atoms with Crippen LogP contribution in [-0.2, 0) is 15.3 Å². The lowest BCUT2D eigenvalue weighted by molar-refractivity contribution is -0.136. The number of benzene rings is 2. The lowest BCUT2D eigenvalue weighted by Gasteiger charge is -2.08. The van der Waals surface area contributed by atoms with Gasteiger partial charge in [-0.05, 0) is 55.0 Å². The molecule has 33 heavy (non-hydrogen) atoms. The van der Waals surface area contributed by atoms with Crippen LogP contribution in [0.2, 0.25) is 0 Å². The predicted octanol–water partition coefficient (Wildman–Crippen LogP) is 2.34. The summed E-state index contributed by atoms with van der Waals surface area (Å²) in [7, 11) is 1.59. The maximum atomic E-state index is 12.0. The molecule has 0 aliphatic rings. The third kappa shape index (κ3) is 6.85. The number of hydrogen-bond donors (Lipinski definition) is 3. The zero-order chi connectivity index (χ0) is 23.8. The fourth-order valence-corrected chi connectivity index (χ4v) is 4.38. The first kappa shape index (κ1) is 23.9. The molecule has 0 aliphatic carbocycles. The van der Waals surface area contributed by atoms with Crippen molar-refractivity contribution in [3.63, 3.8) is 0 Å². The van der Waals surface area contributed by atoms with Gasteiger partial charge in [-0.1, -0.05) is 23.1 Å². The zero-order valence-corrected chi connectivity index (χ0v) is 19.3. The van der Waals surface area contributed by atoms with Gasteiger partial charge in [0.2, 0.25) is 5.91 Å². The number of aryl methyl sites for hydroxylation is 1. The standard InChI is InChI=1S/C21H20N6O4S2/c1-12-25-27-21(33-12)32-11-15-9-13(3-8-17(15)31-2)10-23-26-20(30)19(29)24-16-6-4-14(5-7-16)18(22)28/h3-10H,11H2,1-2H3,(H2,22,28)(H,24,29)(H,26,30)/b23-10+. The lowest BCUT2D eigenvalue weighted by atomic mass is 10.1. The number of rotatable bonds is 8. The van der Waals surface area contributed by atoms with Crippen LogP contribution in [-0.4, -0.2) is 41.2 Å². The number of carbonyl (C=O) groups is 3. The second-order valence-corrected chi connectivity index (χ2v) is 8.95. The molecule has 3 amide bonds. The number of hydrogen-bond acceptors (Lipinski definition) is 9. The molecule has 0 unspecified atom stereocenters. The minimum atomic E-state index is -0.943. The van der Waals surface area contributed by atoms with Gasteiger partial charge in [-0.2, -0.15) is 5.10 Å². The Morgan fingerprint density at radius 2 is 1.91 bits per heavy atom. The van der Waals surface area contributed by atoms with Crippen molar-refractivity contribution in [1.82, 2.24) is 15.6 Å². The molecule has 170 valence electrons. The van der Waals surface area contributed by atoms with Crippen LogP contribution in [0.1, 0.15) is 26.5 Å². The van der Waals surface area contributed by atoms with E-state index in [1.807, 2.05) is 13.0 Å². The average molecular weight is 485 g/mol. The Morgan fingerprint density at radius 3 is 2.55 bits per heavy atom. The quantitative estimate of drug-likeness (QED) is 0.192. The predicted molar refractivity (Wildman–Crippen MR) is 127 cm³/mol. The monoisotopic (exact) mass is 484 g/mol. The highest BCUT2D eigenvalue weighted by atomic mass is 32.2. The lowest BCUT2D eigenvalue weighted by Crippen LogP contribution is -2.32. The molecule has 1 aromatic heterocycles. The van der Waals surface area contributed by atoms with Gasteiger partial charge in [0.15, 0.2) is 4.34 Å². The van der Waals surface area contributed by atoms with Crippen molar-refractivity contribution in [3.05, 3.63) is 64.2 Å². The van der Waals surface area contributed by atoms with Crippen molar-refractivity contribution in [3.8, 4) is 5.75 Å². The highest BCUT2D eigenvalue weighted by molar-refractivity contribution is 8.00. The van der Waals surface area contributed by atoms with Gasteiger partial charge < -0.3 is 15.8 Å². The number of hydrazone groups is 1. The fourth-order valence-electron chi connectivity index (χ4n) is 2.59. The van der Waals surface area contributed by atoms with Crippen molar-refractivity contribution in [1.29, 1.82) is 0 Å². The molecule has 3 aromatic rings. The van der Waals surface area contributed by atoms with Crippen LogP contribution in [0.25, 0.3) is 0 Å². The molecule has 0 saturated carbocycles. The number of nitrogens with two attached hydrogens (primary N) is 1. The van der Waals surface area contributed by atoms with E-state index in [-0.39, 0.29) is 5.56 Å². The van der Waals surface area contributed by atoms with Gasteiger partial charge in [0, 0.05) is 22.6 Å². The summed E-state index contributed by atoms with van der Waals surface area (Å²) in [6.45, 7) is 1.90. The fraction of sp³-hybridized carbons (Fsp3) is 0.143. The summed E-state index contributed by atoms with van der Waals surface area (Å²) in [5.74, 6) is -1.11. The molecule has 0 radical (unpaired) electrons. The summed E-state index contributed by atoms with van der Waals surface area (Å²) in [5.41, 5.74) is 9.61. The van der Waals surface area contributed by atoms with Crippen LogP contribution in [0.15, 0.2) is 51.9 Å². The Morgan fingerprint density at radius 1 is 1.15 bits per heavy atom. The molecule has 0 fully saturated rings. The van der Waals surface area contributed by atoms with Crippen molar-refractivity contribution >= 4 is 52.7 Å². The maximum Gasteiger partial charge on any atom is 0.329 e. The average Bonchev–Trinajstić information content (AvgIpc) is 3.23. The van der Waals surface area contributed by atoms with Gasteiger partial charge >= 0.3 is 11.8 Å². The number of nitrogens with one attached hydrogen (secondary N) is 2. The second kappa shape index (κ2) is 11.2. The molecular weight excluding hydrogens is 464 g/mol. The third-order valence-corrected chi connectivity index (χ3v) is 6.20. The molecule has 0 saturated heterocycles. The number of amides is 3. The zero-order valence-electron chi connectivity index (χ0n) is 17.7. The van der Waals surface area contributed by atoms with Gasteiger partial charge in [0.05, 0.1) is 13.3 Å². The van der Waals surface area contributed by atoms with Crippen molar-refractivity contribution < 1.29 is 19.1 Å². The Bertz CT molecular complexity index is 1190. The molecule has 4 N–H and O–H groups in total. The van der Waals surface area contributed by atoms with Gasteiger partial charge in [-0.3, -0.25) is 14.4 Å². The summed E-state index contributed by atoms with van der Waals surface area (Å²) in [4.78, 5) is 35.1. The molecule has 0 spiro atoms. The Hall–Kier alpha value is -3.77. The third-order valence-electron chi connectivity index (χ3n) is 4.18. The van der Waals surface area contributed by atoms with E-state index in [9.17, 15) is 14.4 Å². The van der Waals surface area contributed by atoms with E-state index >= 15 is 0 Å². The number of anilines is 1. The van der Waals surface area contributed by atoms with E-state index < -0.39 is 17.7 Å². The summed E-state index contributed by atoms with van der Waals surface area (Å²) in [5, 5.41) is 15.2. The highest BCUT2D eigenvalue weighted by Gasteiger charge is 2.13. The molecule has 10 nitrogen and oxygen atoms in total. The largest absolute Gasteiger partial charge is 0.496 e. The number of aromatic nitrogens is 2. The minimum Gasteiger partial charge on any atom is -0.496 e. The van der Waals surface area contributed by atoms with Gasteiger partial charge in [0.25, 0.3) is 0 Å². The number of ether oxygens (including phenoxy) is 1. The van der Waals surface area contributed by atoms with Crippen molar-refractivity contribution in [2.45, 2.75) is 17.0 Å². The molecule has 1 heterocycles. The maximum absolute atomic E-state index is 12.0.